The molecule has 6 nitrogen and oxygen atoms in total. The van der Waals surface area contributed by atoms with Crippen molar-refractivity contribution in [1.82, 2.24) is 0 Å². The molecule has 0 saturated heterocycles. The van der Waals surface area contributed by atoms with Crippen LogP contribution in [0.1, 0.15) is 25.0 Å². The summed E-state index contributed by atoms with van der Waals surface area (Å²) in [6.07, 6.45) is -0.0491. The van der Waals surface area contributed by atoms with Gasteiger partial charge in [0.2, 0.25) is 0 Å². The molecule has 8 heteroatoms. The van der Waals surface area contributed by atoms with Gasteiger partial charge in [0.15, 0.2) is 0 Å². The molecule has 0 unspecified atom stereocenters. The van der Waals surface area contributed by atoms with Crippen LogP contribution in [0.3, 0.4) is 0 Å². The van der Waals surface area contributed by atoms with E-state index in [0.717, 1.165) is 16.7 Å². The zero-order chi connectivity index (χ0) is 19.2. The highest BCUT2D eigenvalue weighted by Crippen LogP contribution is 2.51. The fraction of sp³-hybridized carbons (Fsp3) is 0.333. The maximum absolute atomic E-state index is 12.6. The van der Waals surface area contributed by atoms with Gasteiger partial charge in [-0.1, -0.05) is 48.5 Å². The Hall–Kier alpha value is -1.26. The molecule has 26 heavy (non-hydrogen) atoms. The van der Waals surface area contributed by atoms with E-state index in [9.17, 15) is 9.13 Å². The Kier molecular flexibility index (Phi) is 7.36. The SMILES string of the molecule is CCOP(=O)(Cc1ccc(-c2ccc(CP(=O)(O)O)cc2)cc1)OCC. The van der Waals surface area contributed by atoms with Crippen LogP contribution in [0.15, 0.2) is 48.5 Å². The molecule has 0 heterocycles. The molecule has 0 aliphatic carbocycles. The van der Waals surface area contributed by atoms with Crippen molar-refractivity contribution in [2.24, 2.45) is 0 Å². The fourth-order valence-corrected chi connectivity index (χ4v) is 4.98. The summed E-state index contributed by atoms with van der Waals surface area (Å²) < 4.78 is 34.3. The Labute approximate surface area is 153 Å². The standard InChI is InChI=1S/C18H24O6P2/c1-3-23-26(22,24-4-2)14-16-7-11-18(12-8-16)17-9-5-15(6-10-17)13-25(19,20)21/h5-12H,3-4,13-14H2,1-2H3,(H2,19,20,21). The van der Waals surface area contributed by atoms with Crippen LogP contribution in [0.5, 0.6) is 0 Å². The zero-order valence-electron chi connectivity index (χ0n) is 14.9. The van der Waals surface area contributed by atoms with E-state index >= 15 is 0 Å². The second-order valence-electron chi connectivity index (χ2n) is 5.82. The molecular weight excluding hydrogens is 374 g/mol. The highest BCUT2D eigenvalue weighted by atomic mass is 31.2. The summed E-state index contributed by atoms with van der Waals surface area (Å²) in [5.74, 6) is 0. The second kappa shape index (κ2) is 9.09. The van der Waals surface area contributed by atoms with Crippen LogP contribution >= 0.6 is 15.2 Å². The van der Waals surface area contributed by atoms with E-state index in [1.54, 1.807) is 26.0 Å². The van der Waals surface area contributed by atoms with E-state index in [0.29, 0.717) is 18.8 Å². The Morgan fingerprint density at radius 1 is 0.731 bits per heavy atom. The molecule has 2 aromatic rings. The minimum Gasteiger partial charge on any atom is -0.324 e. The van der Waals surface area contributed by atoms with E-state index in [-0.39, 0.29) is 12.3 Å². The number of hydrogen-bond acceptors (Lipinski definition) is 4. The summed E-state index contributed by atoms with van der Waals surface area (Å²) >= 11 is 0. The van der Waals surface area contributed by atoms with Crippen molar-refractivity contribution in [1.29, 1.82) is 0 Å². The van der Waals surface area contributed by atoms with Crippen molar-refractivity contribution < 1.29 is 28.0 Å². The van der Waals surface area contributed by atoms with E-state index in [4.69, 9.17) is 18.8 Å². The largest absolute Gasteiger partial charge is 0.335 e. The first kappa shape index (κ1) is 21.0. The number of hydrogen-bond donors (Lipinski definition) is 2. The van der Waals surface area contributed by atoms with Crippen LogP contribution in [0.4, 0.5) is 0 Å². The molecule has 0 aliphatic rings. The third-order valence-electron chi connectivity index (χ3n) is 3.66. The quantitative estimate of drug-likeness (QED) is 0.590. The van der Waals surface area contributed by atoms with Crippen LogP contribution in [0, 0.1) is 0 Å². The predicted molar refractivity (Wildman–Crippen MR) is 102 cm³/mol. The summed E-state index contributed by atoms with van der Waals surface area (Å²) in [6, 6.07) is 14.6. The Morgan fingerprint density at radius 2 is 1.12 bits per heavy atom. The molecule has 0 amide bonds. The number of benzene rings is 2. The molecule has 2 aromatic carbocycles. The van der Waals surface area contributed by atoms with Crippen molar-refractivity contribution in [3.05, 3.63) is 59.7 Å². The van der Waals surface area contributed by atoms with Crippen molar-refractivity contribution >= 4 is 15.2 Å². The van der Waals surface area contributed by atoms with Gasteiger partial charge in [-0.25, -0.2) is 0 Å². The van der Waals surface area contributed by atoms with Gasteiger partial charge in [-0.3, -0.25) is 9.13 Å². The molecule has 142 valence electrons. The van der Waals surface area contributed by atoms with Gasteiger partial charge in [0.1, 0.15) is 0 Å². The molecule has 0 atom stereocenters. The van der Waals surface area contributed by atoms with Gasteiger partial charge in [-0.05, 0) is 36.1 Å². The highest BCUT2D eigenvalue weighted by Gasteiger charge is 2.23. The van der Waals surface area contributed by atoms with Crippen LogP contribution in [-0.4, -0.2) is 23.0 Å². The maximum Gasteiger partial charge on any atom is 0.335 e. The summed E-state index contributed by atoms with van der Waals surface area (Å²) in [7, 11) is -7.19. The summed E-state index contributed by atoms with van der Waals surface area (Å²) in [6.45, 7) is 4.22. The summed E-state index contributed by atoms with van der Waals surface area (Å²) in [5, 5.41) is 0. The van der Waals surface area contributed by atoms with E-state index < -0.39 is 15.2 Å². The van der Waals surface area contributed by atoms with Crippen molar-refractivity contribution in [2.45, 2.75) is 26.2 Å². The predicted octanol–water partition coefficient (Wildman–Crippen LogP) is 4.80. The third-order valence-corrected chi connectivity index (χ3v) is 6.49. The monoisotopic (exact) mass is 398 g/mol. The third kappa shape index (κ3) is 6.48. The Bertz CT molecular complexity index is 785. The first-order valence-electron chi connectivity index (χ1n) is 8.35. The fourth-order valence-electron chi connectivity index (χ4n) is 2.59. The molecule has 0 bridgehead atoms. The molecule has 0 saturated carbocycles. The molecule has 0 aliphatic heterocycles. The van der Waals surface area contributed by atoms with Crippen molar-refractivity contribution in [3.8, 4) is 11.1 Å². The molecular formula is C18H24O6P2. The van der Waals surface area contributed by atoms with Crippen molar-refractivity contribution in [2.75, 3.05) is 13.2 Å². The van der Waals surface area contributed by atoms with Gasteiger partial charge in [0.25, 0.3) is 0 Å². The Morgan fingerprint density at radius 3 is 1.46 bits per heavy atom. The molecule has 0 radical (unpaired) electrons. The van der Waals surface area contributed by atoms with E-state index in [1.807, 2.05) is 36.4 Å². The topological polar surface area (TPSA) is 93.1 Å². The molecule has 2 N–H and O–H groups in total. The first-order valence-corrected chi connectivity index (χ1v) is 11.9. The van der Waals surface area contributed by atoms with Gasteiger partial charge in [-0.15, -0.1) is 0 Å². The first-order chi connectivity index (χ1) is 12.2. The number of rotatable bonds is 9. The van der Waals surface area contributed by atoms with Gasteiger partial charge in [0, 0.05) is 0 Å². The van der Waals surface area contributed by atoms with Crippen molar-refractivity contribution in [3.63, 3.8) is 0 Å². The summed E-state index contributed by atoms with van der Waals surface area (Å²) in [5.41, 5.74) is 3.34. The smallest absolute Gasteiger partial charge is 0.324 e. The lowest BCUT2D eigenvalue weighted by Gasteiger charge is -2.17. The van der Waals surface area contributed by atoms with Gasteiger partial charge < -0.3 is 18.8 Å². The maximum atomic E-state index is 12.6. The molecule has 0 fully saturated rings. The van der Waals surface area contributed by atoms with Crippen LogP contribution in [0.25, 0.3) is 11.1 Å². The van der Waals surface area contributed by atoms with Crippen LogP contribution in [-0.2, 0) is 30.5 Å². The minimum atomic E-state index is -4.06. The molecule has 0 aromatic heterocycles. The Balaban J connectivity index is 2.11. The molecule has 0 spiro atoms. The highest BCUT2D eigenvalue weighted by molar-refractivity contribution is 7.53. The lowest BCUT2D eigenvalue weighted by molar-refractivity contribution is 0.219. The van der Waals surface area contributed by atoms with E-state index in [2.05, 4.69) is 0 Å². The normalized spacial score (nSPS) is 12.3. The zero-order valence-corrected chi connectivity index (χ0v) is 16.7. The van der Waals surface area contributed by atoms with Crippen LogP contribution < -0.4 is 0 Å². The second-order valence-corrected chi connectivity index (χ2v) is 9.52. The average molecular weight is 398 g/mol. The van der Waals surface area contributed by atoms with E-state index in [1.165, 1.54) is 0 Å². The minimum absolute atomic E-state index is 0.218. The lowest BCUT2D eigenvalue weighted by Crippen LogP contribution is -1.99. The van der Waals surface area contributed by atoms with Gasteiger partial charge >= 0.3 is 15.2 Å². The molecule has 2 rings (SSSR count). The lowest BCUT2D eigenvalue weighted by atomic mass is 10.0. The van der Waals surface area contributed by atoms with Gasteiger partial charge in [-0.2, -0.15) is 0 Å². The average Bonchev–Trinajstić information content (AvgIpc) is 2.55. The van der Waals surface area contributed by atoms with Crippen LogP contribution in [0.2, 0.25) is 0 Å². The summed E-state index contributed by atoms with van der Waals surface area (Å²) in [4.78, 5) is 18.0. The van der Waals surface area contributed by atoms with Gasteiger partial charge in [0.05, 0.1) is 25.5 Å².